The molecule has 0 aromatic rings. The highest BCUT2D eigenvalue weighted by Crippen LogP contribution is 2.16. The summed E-state index contributed by atoms with van der Waals surface area (Å²) >= 11 is 0. The van der Waals surface area contributed by atoms with Gasteiger partial charge < -0.3 is 15.0 Å². The highest BCUT2D eigenvalue weighted by Gasteiger charge is 2.28. The van der Waals surface area contributed by atoms with Crippen molar-refractivity contribution in [3.8, 4) is 0 Å². The number of nitrogens with one attached hydrogen (secondary N) is 1. The van der Waals surface area contributed by atoms with Crippen molar-refractivity contribution in [3.63, 3.8) is 0 Å². The SMILES string of the molecule is CCC(=O)N1CCC(S(N)(=O)=O)CC1.CCC(=O)OC(=O)CC.Cl.NS(=O)(=O)C1CCNCC1. The monoisotopic (exact) mass is 550 g/mol. The van der Waals surface area contributed by atoms with Crippen LogP contribution in [-0.4, -0.2) is 76.3 Å². The Morgan fingerprint density at radius 2 is 1.18 bits per heavy atom. The zero-order valence-electron chi connectivity index (χ0n) is 20.0. The van der Waals surface area contributed by atoms with Crippen LogP contribution in [0, 0.1) is 0 Å². The van der Waals surface area contributed by atoms with Gasteiger partial charge in [-0.05, 0) is 38.8 Å². The second-order valence-electron chi connectivity index (χ2n) is 7.61. The molecule has 2 rings (SSSR count). The Balaban J connectivity index is 0. The van der Waals surface area contributed by atoms with Crippen molar-refractivity contribution in [1.82, 2.24) is 10.2 Å². The average Bonchev–Trinajstić information content (AvgIpc) is 2.78. The number of halogens is 1. The number of hydrogen-bond donors (Lipinski definition) is 3. The van der Waals surface area contributed by atoms with Crippen LogP contribution in [0.2, 0.25) is 0 Å². The first-order valence-corrected chi connectivity index (χ1v) is 14.2. The van der Waals surface area contributed by atoms with Crippen molar-refractivity contribution in [2.24, 2.45) is 10.3 Å². The Morgan fingerprint density at radius 3 is 1.47 bits per heavy atom. The van der Waals surface area contributed by atoms with Gasteiger partial charge in [-0.1, -0.05) is 20.8 Å². The predicted octanol–water partition coefficient (Wildman–Crippen LogP) is 0.000800. The predicted molar refractivity (Wildman–Crippen MR) is 131 cm³/mol. The Hall–Kier alpha value is -1.32. The number of sulfonamides is 2. The van der Waals surface area contributed by atoms with Crippen molar-refractivity contribution in [3.05, 3.63) is 0 Å². The number of rotatable bonds is 5. The smallest absolute Gasteiger partial charge is 0.313 e. The van der Waals surface area contributed by atoms with Crippen LogP contribution in [0.1, 0.15) is 65.7 Å². The molecule has 2 saturated heterocycles. The van der Waals surface area contributed by atoms with E-state index < -0.39 is 37.2 Å². The van der Waals surface area contributed by atoms with Gasteiger partial charge in [0.25, 0.3) is 0 Å². The van der Waals surface area contributed by atoms with Gasteiger partial charge in [-0.2, -0.15) is 0 Å². The van der Waals surface area contributed by atoms with E-state index in [1.54, 1.807) is 25.7 Å². The van der Waals surface area contributed by atoms with Crippen molar-refractivity contribution in [2.45, 2.75) is 76.2 Å². The van der Waals surface area contributed by atoms with Gasteiger partial charge >= 0.3 is 11.9 Å². The third-order valence-corrected chi connectivity index (χ3v) is 7.92. The van der Waals surface area contributed by atoms with E-state index in [1.165, 1.54) is 0 Å². The molecule has 12 nitrogen and oxygen atoms in total. The van der Waals surface area contributed by atoms with Crippen molar-refractivity contribution in [2.75, 3.05) is 26.2 Å². The molecule has 0 bridgehead atoms. The second kappa shape index (κ2) is 17.2. The number of carbonyl (C=O) groups excluding carboxylic acids is 3. The summed E-state index contributed by atoms with van der Waals surface area (Å²) in [7, 11) is -6.69. The largest absolute Gasteiger partial charge is 0.393 e. The molecule has 0 aliphatic carbocycles. The summed E-state index contributed by atoms with van der Waals surface area (Å²) in [6.45, 7) is 7.63. The lowest BCUT2D eigenvalue weighted by molar-refractivity contribution is -0.159. The van der Waals surface area contributed by atoms with E-state index in [2.05, 4.69) is 10.1 Å². The van der Waals surface area contributed by atoms with Gasteiger partial charge in [-0.15, -0.1) is 12.4 Å². The molecule has 0 saturated carbocycles. The fourth-order valence-electron chi connectivity index (χ4n) is 3.05. The highest BCUT2D eigenvalue weighted by molar-refractivity contribution is 7.90. The maximum Gasteiger partial charge on any atom is 0.313 e. The molecular weight excluding hydrogens is 512 g/mol. The number of hydrogen-bond acceptors (Lipinski definition) is 9. The molecular formula is C19H39ClN4O8S2. The first-order valence-electron chi connectivity index (χ1n) is 11.0. The van der Waals surface area contributed by atoms with Gasteiger partial charge in [0.05, 0.1) is 10.5 Å². The summed E-state index contributed by atoms with van der Waals surface area (Å²) in [6, 6.07) is 0. The van der Waals surface area contributed by atoms with Gasteiger partial charge in [-0.25, -0.2) is 27.1 Å². The van der Waals surface area contributed by atoms with Crippen molar-refractivity contribution in [1.29, 1.82) is 0 Å². The number of ether oxygens (including phenoxy) is 1. The standard InChI is InChI=1S/C8H16N2O3S.C6H10O3.C5H12N2O2S.ClH/c1-2-8(11)10-5-3-7(4-6-10)14(9,12)13;1-3-5(7)9-6(8)4-2;6-10(8,9)5-1-3-7-4-2-5;/h7H,2-6H2,1H3,(H2,9,12,13);3-4H2,1-2H3;5,7H,1-4H2,(H2,6,8,9);1H. The molecule has 2 fully saturated rings. The normalized spacial score (nSPS) is 17.1. The summed E-state index contributed by atoms with van der Waals surface area (Å²) < 4.78 is 47.8. The number of amides is 1. The van der Waals surface area contributed by atoms with Crippen LogP contribution in [0.3, 0.4) is 0 Å². The number of primary sulfonamides is 2. The Bertz CT molecular complexity index is 824. The molecule has 0 spiro atoms. The molecule has 0 aromatic carbocycles. The van der Waals surface area contributed by atoms with Gasteiger partial charge in [0.1, 0.15) is 0 Å². The van der Waals surface area contributed by atoms with E-state index >= 15 is 0 Å². The number of piperidine rings is 2. The molecule has 1 amide bonds. The maximum atomic E-state index is 11.3. The zero-order valence-corrected chi connectivity index (χ0v) is 22.5. The topological polar surface area (TPSA) is 196 Å². The number of nitrogens with zero attached hydrogens (tertiary/aromatic N) is 1. The number of esters is 2. The van der Waals surface area contributed by atoms with Crippen LogP contribution in [0.4, 0.5) is 0 Å². The van der Waals surface area contributed by atoms with Crippen LogP contribution in [0.5, 0.6) is 0 Å². The molecule has 2 aliphatic heterocycles. The molecule has 5 N–H and O–H groups in total. The Morgan fingerprint density at radius 1 is 0.794 bits per heavy atom. The average molecular weight is 551 g/mol. The van der Waals surface area contributed by atoms with Crippen LogP contribution in [0.25, 0.3) is 0 Å². The Kier molecular flexibility index (Phi) is 17.6. The van der Waals surface area contributed by atoms with Gasteiger partial charge in [0.15, 0.2) is 0 Å². The van der Waals surface area contributed by atoms with E-state index in [0.717, 1.165) is 13.1 Å². The second-order valence-corrected chi connectivity index (χ2v) is 11.3. The molecule has 0 unspecified atom stereocenters. The summed E-state index contributed by atoms with van der Waals surface area (Å²) in [5.74, 6) is -0.832. The molecule has 2 aliphatic rings. The number of likely N-dealkylation sites (tertiary alicyclic amines) is 1. The van der Waals surface area contributed by atoms with Crippen LogP contribution < -0.4 is 15.6 Å². The maximum absolute atomic E-state index is 11.3. The Labute approximate surface area is 209 Å². The van der Waals surface area contributed by atoms with E-state index in [9.17, 15) is 31.2 Å². The van der Waals surface area contributed by atoms with Crippen molar-refractivity contribution < 1.29 is 36.0 Å². The molecule has 15 heteroatoms. The minimum absolute atomic E-state index is 0. The zero-order chi connectivity index (χ0) is 25.7. The fourth-order valence-corrected chi connectivity index (χ4v) is 4.81. The first-order chi connectivity index (χ1) is 15.3. The number of nitrogens with two attached hydrogens (primary N) is 2. The van der Waals surface area contributed by atoms with E-state index in [0.29, 0.717) is 45.2 Å². The lowest BCUT2D eigenvalue weighted by Gasteiger charge is -2.30. The van der Waals surface area contributed by atoms with Crippen LogP contribution >= 0.6 is 12.4 Å². The van der Waals surface area contributed by atoms with E-state index in [1.807, 2.05) is 0 Å². The highest BCUT2D eigenvalue weighted by atomic mass is 35.5. The molecule has 0 radical (unpaired) electrons. The molecule has 0 aromatic heterocycles. The molecule has 0 atom stereocenters. The van der Waals surface area contributed by atoms with Gasteiger partial charge in [0, 0.05) is 32.4 Å². The summed E-state index contributed by atoms with van der Waals surface area (Å²) in [4.78, 5) is 33.6. The fraction of sp³-hybridized carbons (Fsp3) is 0.842. The first kappa shape index (κ1) is 34.8. The summed E-state index contributed by atoms with van der Waals surface area (Å²) in [5.41, 5.74) is 0. The van der Waals surface area contributed by atoms with E-state index in [4.69, 9.17) is 10.3 Å². The van der Waals surface area contributed by atoms with Crippen LogP contribution in [0.15, 0.2) is 0 Å². The molecule has 34 heavy (non-hydrogen) atoms. The van der Waals surface area contributed by atoms with Gasteiger partial charge in [-0.3, -0.25) is 14.4 Å². The molecule has 202 valence electrons. The lowest BCUT2D eigenvalue weighted by Crippen LogP contribution is -2.43. The summed E-state index contributed by atoms with van der Waals surface area (Å²) in [5, 5.41) is 12.3. The quantitative estimate of drug-likeness (QED) is 0.311. The minimum atomic E-state index is -3.42. The third-order valence-electron chi connectivity index (χ3n) is 5.12. The van der Waals surface area contributed by atoms with Crippen molar-refractivity contribution >= 4 is 50.3 Å². The lowest BCUT2D eigenvalue weighted by atomic mass is 10.1. The van der Waals surface area contributed by atoms with Gasteiger partial charge in [0.2, 0.25) is 26.0 Å². The van der Waals surface area contributed by atoms with Crippen LogP contribution in [-0.2, 0) is 39.2 Å². The number of carbonyl (C=O) groups is 3. The third kappa shape index (κ3) is 14.8. The summed E-state index contributed by atoms with van der Waals surface area (Å²) in [6.07, 6.45) is 3.21. The molecule has 2 heterocycles. The minimum Gasteiger partial charge on any atom is -0.393 e. The van der Waals surface area contributed by atoms with E-state index in [-0.39, 0.29) is 36.4 Å².